The fourth-order valence-electron chi connectivity index (χ4n) is 3.90. The van der Waals surface area contributed by atoms with Crippen molar-refractivity contribution in [3.8, 4) is 0 Å². The van der Waals surface area contributed by atoms with E-state index in [1.54, 1.807) is 12.3 Å². The minimum absolute atomic E-state index is 0.164. The van der Waals surface area contributed by atoms with Gasteiger partial charge in [0.15, 0.2) is 5.76 Å². The van der Waals surface area contributed by atoms with Crippen molar-refractivity contribution in [1.82, 2.24) is 0 Å². The molecule has 0 spiro atoms. The summed E-state index contributed by atoms with van der Waals surface area (Å²) in [5.41, 5.74) is 6.81. The maximum Gasteiger partial charge on any atom is 0.291 e. The highest BCUT2D eigenvalue weighted by molar-refractivity contribution is 6.03. The fourth-order valence-corrected chi connectivity index (χ4v) is 3.90. The average Bonchev–Trinajstić information content (AvgIpc) is 3.21. The van der Waals surface area contributed by atoms with Crippen LogP contribution in [0.3, 0.4) is 0 Å². The zero-order valence-corrected chi connectivity index (χ0v) is 14.9. The summed E-state index contributed by atoms with van der Waals surface area (Å²) < 4.78 is 5.46. The quantitative estimate of drug-likeness (QED) is 0.795. The molecule has 1 saturated carbocycles. The van der Waals surface area contributed by atoms with Crippen molar-refractivity contribution in [3.05, 3.63) is 59.1 Å². The molecule has 0 atom stereocenters. The number of furan rings is 1. The van der Waals surface area contributed by atoms with Crippen molar-refractivity contribution in [1.29, 1.82) is 0 Å². The first-order valence-electron chi connectivity index (χ1n) is 9.31. The summed E-state index contributed by atoms with van der Waals surface area (Å²) in [7, 11) is 0. The maximum absolute atomic E-state index is 12.7. The molecule has 1 fully saturated rings. The summed E-state index contributed by atoms with van der Waals surface area (Å²) in [6.45, 7) is 5.81. The smallest absolute Gasteiger partial charge is 0.291 e. The van der Waals surface area contributed by atoms with E-state index in [0.29, 0.717) is 5.76 Å². The van der Waals surface area contributed by atoms with Gasteiger partial charge in [0.1, 0.15) is 0 Å². The number of rotatable bonds is 5. The Morgan fingerprint density at radius 3 is 2.80 bits per heavy atom. The predicted molar refractivity (Wildman–Crippen MR) is 101 cm³/mol. The van der Waals surface area contributed by atoms with E-state index in [-0.39, 0.29) is 5.91 Å². The lowest BCUT2D eigenvalue weighted by atomic mass is 9.80. The molecular formula is C22H25NO2. The monoisotopic (exact) mass is 335 g/mol. The third-order valence-corrected chi connectivity index (χ3v) is 5.66. The van der Waals surface area contributed by atoms with Gasteiger partial charge in [-0.3, -0.25) is 4.79 Å². The number of allylic oxidation sites excluding steroid dienone is 1. The fraction of sp³-hybridized carbons (Fsp3) is 0.409. The Morgan fingerprint density at radius 2 is 2.12 bits per heavy atom. The Balaban J connectivity index is 1.62. The Morgan fingerprint density at radius 1 is 1.28 bits per heavy atom. The summed E-state index contributed by atoms with van der Waals surface area (Å²) in [5.74, 6) is 0.958. The zero-order chi connectivity index (χ0) is 17.4. The Bertz CT molecular complexity index is 827. The molecule has 0 unspecified atom stereocenters. The van der Waals surface area contributed by atoms with Crippen molar-refractivity contribution < 1.29 is 9.21 Å². The van der Waals surface area contributed by atoms with E-state index in [0.717, 1.165) is 42.0 Å². The van der Waals surface area contributed by atoms with Crippen LogP contribution in [0.4, 0.5) is 5.69 Å². The second-order valence-corrected chi connectivity index (χ2v) is 7.53. The molecule has 0 saturated heterocycles. The normalized spacial score (nSPS) is 16.4. The molecule has 1 amide bonds. The molecule has 0 bridgehead atoms. The van der Waals surface area contributed by atoms with E-state index in [4.69, 9.17) is 4.42 Å². The van der Waals surface area contributed by atoms with Gasteiger partial charge in [0, 0.05) is 11.3 Å². The van der Waals surface area contributed by atoms with Crippen LogP contribution in [0.25, 0.3) is 5.57 Å². The minimum Gasteiger partial charge on any atom is -0.459 e. The predicted octanol–water partition coefficient (Wildman–Crippen LogP) is 5.40. The van der Waals surface area contributed by atoms with Gasteiger partial charge in [-0.05, 0) is 66.9 Å². The van der Waals surface area contributed by atoms with Crippen molar-refractivity contribution >= 4 is 17.2 Å². The molecule has 1 heterocycles. The van der Waals surface area contributed by atoms with Gasteiger partial charge in [-0.2, -0.15) is 0 Å². The molecule has 2 aliphatic rings. The van der Waals surface area contributed by atoms with Crippen molar-refractivity contribution in [2.24, 2.45) is 5.92 Å². The summed E-state index contributed by atoms with van der Waals surface area (Å²) in [4.78, 5) is 12.7. The van der Waals surface area contributed by atoms with Crippen LogP contribution in [0.1, 0.15) is 65.4 Å². The van der Waals surface area contributed by atoms with Crippen LogP contribution in [0.2, 0.25) is 0 Å². The topological polar surface area (TPSA) is 42.2 Å². The first-order valence-corrected chi connectivity index (χ1v) is 9.31. The third kappa shape index (κ3) is 3.15. The molecular weight excluding hydrogens is 310 g/mol. The Kier molecular flexibility index (Phi) is 4.24. The Labute approximate surface area is 149 Å². The van der Waals surface area contributed by atoms with E-state index in [1.165, 1.54) is 42.4 Å². The van der Waals surface area contributed by atoms with Crippen molar-refractivity contribution in [2.45, 2.75) is 51.9 Å². The molecule has 130 valence electrons. The lowest BCUT2D eigenvalue weighted by Gasteiger charge is -2.27. The summed E-state index contributed by atoms with van der Waals surface area (Å²) in [6.07, 6.45) is 9.97. The van der Waals surface area contributed by atoms with Gasteiger partial charge >= 0.3 is 0 Å². The molecule has 0 radical (unpaired) electrons. The highest BCUT2D eigenvalue weighted by Crippen LogP contribution is 2.37. The number of amides is 1. The molecule has 3 heteroatoms. The third-order valence-electron chi connectivity index (χ3n) is 5.66. The molecule has 2 aromatic rings. The van der Waals surface area contributed by atoms with Crippen LogP contribution >= 0.6 is 0 Å². The molecule has 3 nitrogen and oxygen atoms in total. The number of carbonyl (C=O) groups is 1. The molecule has 4 rings (SSSR count). The molecule has 1 N–H and O–H groups in total. The van der Waals surface area contributed by atoms with Gasteiger partial charge in [0.25, 0.3) is 5.91 Å². The number of anilines is 1. The molecule has 0 aliphatic heterocycles. The van der Waals surface area contributed by atoms with Crippen molar-refractivity contribution in [2.75, 3.05) is 5.32 Å². The lowest BCUT2D eigenvalue weighted by Crippen LogP contribution is -2.18. The largest absolute Gasteiger partial charge is 0.459 e. The van der Waals surface area contributed by atoms with Crippen LogP contribution in [0, 0.1) is 5.92 Å². The second-order valence-electron chi connectivity index (χ2n) is 7.53. The van der Waals surface area contributed by atoms with Crippen LogP contribution in [0.5, 0.6) is 0 Å². The number of hydrogen-bond donors (Lipinski definition) is 1. The van der Waals surface area contributed by atoms with E-state index in [2.05, 4.69) is 24.0 Å². The van der Waals surface area contributed by atoms with E-state index in [1.807, 2.05) is 6.92 Å². The number of nitrogens with one attached hydrogen (secondary N) is 1. The summed E-state index contributed by atoms with van der Waals surface area (Å²) in [6, 6.07) is 6.25. The minimum atomic E-state index is -0.164. The average molecular weight is 335 g/mol. The second kappa shape index (κ2) is 6.55. The molecule has 1 aromatic carbocycles. The zero-order valence-electron chi connectivity index (χ0n) is 14.9. The van der Waals surface area contributed by atoms with E-state index < -0.39 is 0 Å². The van der Waals surface area contributed by atoms with Gasteiger partial charge in [-0.15, -0.1) is 0 Å². The summed E-state index contributed by atoms with van der Waals surface area (Å²) in [5, 5.41) is 3.17. The number of aryl methyl sites for hydroxylation is 1. The van der Waals surface area contributed by atoms with Crippen molar-refractivity contribution in [3.63, 3.8) is 0 Å². The number of carbonyl (C=O) groups excluding carboxylic acids is 1. The molecule has 1 aromatic heterocycles. The van der Waals surface area contributed by atoms with Gasteiger partial charge in [-0.25, -0.2) is 0 Å². The van der Waals surface area contributed by atoms with Gasteiger partial charge in [0.05, 0.1) is 6.26 Å². The van der Waals surface area contributed by atoms with Gasteiger partial charge < -0.3 is 9.73 Å². The lowest BCUT2D eigenvalue weighted by molar-refractivity contribution is 0.0996. The van der Waals surface area contributed by atoms with Crippen LogP contribution in [-0.4, -0.2) is 5.91 Å². The standard InChI is InChI=1S/C22H25NO2/c1-14(2)18-12-20(25-13-18)22(24)23-21-17(11-15-5-3-6-15)10-9-16-7-4-8-19(16)21/h9-10,12-13,15H,1,3-8,11H2,2H3,(H,23,24). The van der Waals surface area contributed by atoms with E-state index >= 15 is 0 Å². The SMILES string of the molecule is C=C(C)c1coc(C(=O)Nc2c(CC3CCC3)ccc3c2CCC3)c1. The van der Waals surface area contributed by atoms with Crippen LogP contribution in [-0.2, 0) is 19.3 Å². The molecule has 2 aliphatic carbocycles. The first kappa shape index (κ1) is 16.2. The maximum atomic E-state index is 12.7. The number of hydrogen-bond acceptors (Lipinski definition) is 2. The highest BCUT2D eigenvalue weighted by Gasteiger charge is 2.24. The number of fused-ring (bicyclic) bond motifs is 1. The van der Waals surface area contributed by atoms with Crippen LogP contribution in [0.15, 0.2) is 35.5 Å². The van der Waals surface area contributed by atoms with Gasteiger partial charge in [-0.1, -0.05) is 38.0 Å². The van der Waals surface area contributed by atoms with Gasteiger partial charge in [0.2, 0.25) is 0 Å². The van der Waals surface area contributed by atoms with E-state index in [9.17, 15) is 4.79 Å². The Hall–Kier alpha value is -2.29. The highest BCUT2D eigenvalue weighted by atomic mass is 16.3. The summed E-state index contributed by atoms with van der Waals surface area (Å²) >= 11 is 0. The van der Waals surface area contributed by atoms with Crippen LogP contribution < -0.4 is 5.32 Å². The first-order chi connectivity index (χ1) is 12.1. The molecule has 25 heavy (non-hydrogen) atoms. The number of benzene rings is 1.